The standard InChI is InChI=1S/C11H19N3O3S/c1-7(2)10(15)6-12-18(16,17)11-8(3)13-14(5)9(11)4/h7,12H,6H2,1-5H3. The predicted molar refractivity (Wildman–Crippen MR) is 67.7 cm³/mol. The molecule has 1 heterocycles. The summed E-state index contributed by atoms with van der Waals surface area (Å²) in [6, 6.07) is 0. The molecule has 1 aromatic rings. The Labute approximate surface area is 107 Å². The molecule has 0 atom stereocenters. The quantitative estimate of drug-likeness (QED) is 0.849. The van der Waals surface area contributed by atoms with Gasteiger partial charge in [0, 0.05) is 13.0 Å². The molecule has 18 heavy (non-hydrogen) atoms. The second-order valence-electron chi connectivity index (χ2n) is 4.57. The van der Waals surface area contributed by atoms with Gasteiger partial charge in [0.25, 0.3) is 0 Å². The van der Waals surface area contributed by atoms with Crippen molar-refractivity contribution >= 4 is 15.8 Å². The second kappa shape index (κ2) is 5.19. The van der Waals surface area contributed by atoms with Crippen LogP contribution in [0.3, 0.4) is 0 Å². The number of hydrogen-bond donors (Lipinski definition) is 1. The van der Waals surface area contributed by atoms with Crippen LogP contribution in [0, 0.1) is 19.8 Å². The van der Waals surface area contributed by atoms with Gasteiger partial charge in [-0.1, -0.05) is 13.8 Å². The van der Waals surface area contributed by atoms with Crippen LogP contribution in [0.1, 0.15) is 25.2 Å². The monoisotopic (exact) mass is 273 g/mol. The minimum Gasteiger partial charge on any atom is -0.298 e. The van der Waals surface area contributed by atoms with Crippen LogP contribution in [0.15, 0.2) is 4.90 Å². The summed E-state index contributed by atoms with van der Waals surface area (Å²) in [5.74, 6) is -0.332. The van der Waals surface area contributed by atoms with Gasteiger partial charge in [-0.15, -0.1) is 0 Å². The molecule has 0 aliphatic heterocycles. The molecule has 1 rings (SSSR count). The number of ketones is 1. The van der Waals surface area contributed by atoms with Gasteiger partial charge in [-0.05, 0) is 13.8 Å². The first-order valence-corrected chi connectivity index (χ1v) is 7.17. The number of nitrogens with one attached hydrogen (secondary N) is 1. The van der Waals surface area contributed by atoms with Gasteiger partial charge in [0.2, 0.25) is 10.0 Å². The van der Waals surface area contributed by atoms with Gasteiger partial charge < -0.3 is 0 Å². The third-order valence-electron chi connectivity index (χ3n) is 2.79. The highest BCUT2D eigenvalue weighted by molar-refractivity contribution is 7.89. The first kappa shape index (κ1) is 14.8. The van der Waals surface area contributed by atoms with Crippen LogP contribution in [0.5, 0.6) is 0 Å². The first-order chi connectivity index (χ1) is 8.16. The highest BCUT2D eigenvalue weighted by atomic mass is 32.2. The molecule has 0 saturated carbocycles. The lowest BCUT2D eigenvalue weighted by Crippen LogP contribution is -2.32. The molecule has 1 N–H and O–H groups in total. The zero-order valence-corrected chi connectivity index (χ0v) is 12.1. The van der Waals surface area contributed by atoms with Gasteiger partial charge in [0.15, 0.2) is 0 Å². The van der Waals surface area contributed by atoms with Crippen LogP contribution in [0.25, 0.3) is 0 Å². The van der Waals surface area contributed by atoms with Gasteiger partial charge >= 0.3 is 0 Å². The molecule has 0 aliphatic rings. The fraction of sp³-hybridized carbons (Fsp3) is 0.636. The molecule has 102 valence electrons. The molecule has 7 heteroatoms. The van der Waals surface area contributed by atoms with Crippen LogP contribution >= 0.6 is 0 Å². The van der Waals surface area contributed by atoms with Crippen molar-refractivity contribution in [2.45, 2.75) is 32.6 Å². The fourth-order valence-corrected chi connectivity index (χ4v) is 3.01. The molecule has 0 saturated heterocycles. The molecular weight excluding hydrogens is 254 g/mol. The SMILES string of the molecule is Cc1nn(C)c(C)c1S(=O)(=O)NCC(=O)C(C)C. The van der Waals surface area contributed by atoms with Crippen molar-refractivity contribution in [3.05, 3.63) is 11.4 Å². The summed E-state index contributed by atoms with van der Waals surface area (Å²) in [6.45, 7) is 6.59. The normalized spacial score (nSPS) is 12.1. The summed E-state index contributed by atoms with van der Waals surface area (Å²) in [5.41, 5.74) is 0.983. The number of sulfonamides is 1. The lowest BCUT2D eigenvalue weighted by atomic mass is 10.1. The van der Waals surface area contributed by atoms with E-state index in [0.29, 0.717) is 11.4 Å². The van der Waals surface area contributed by atoms with Crippen molar-refractivity contribution in [2.75, 3.05) is 6.54 Å². The zero-order valence-electron chi connectivity index (χ0n) is 11.3. The number of nitrogens with zero attached hydrogens (tertiary/aromatic N) is 2. The van der Waals surface area contributed by atoms with Crippen molar-refractivity contribution in [3.63, 3.8) is 0 Å². The van der Waals surface area contributed by atoms with Crippen LogP contribution in [-0.2, 0) is 21.9 Å². The number of aromatic nitrogens is 2. The zero-order chi connectivity index (χ0) is 14.1. The molecule has 0 fully saturated rings. The number of Topliss-reactive ketones (excluding diaryl/α,β-unsaturated/α-hetero) is 1. The molecular formula is C11H19N3O3S. The Balaban J connectivity index is 2.97. The topological polar surface area (TPSA) is 81.1 Å². The van der Waals surface area contributed by atoms with Crippen molar-refractivity contribution in [1.29, 1.82) is 0 Å². The Bertz CT molecular complexity index is 558. The molecule has 0 spiro atoms. The van der Waals surface area contributed by atoms with E-state index in [1.807, 2.05) is 0 Å². The van der Waals surface area contributed by atoms with E-state index in [1.54, 1.807) is 34.7 Å². The Kier molecular flexibility index (Phi) is 4.28. The maximum absolute atomic E-state index is 12.1. The van der Waals surface area contributed by atoms with E-state index < -0.39 is 10.0 Å². The average Bonchev–Trinajstić information content (AvgIpc) is 2.50. The molecule has 0 bridgehead atoms. The summed E-state index contributed by atoms with van der Waals surface area (Å²) in [7, 11) is -2.00. The minimum absolute atomic E-state index is 0.141. The van der Waals surface area contributed by atoms with E-state index in [-0.39, 0.29) is 23.1 Å². The van der Waals surface area contributed by atoms with Gasteiger partial charge in [0.05, 0.1) is 17.9 Å². The smallest absolute Gasteiger partial charge is 0.244 e. The second-order valence-corrected chi connectivity index (χ2v) is 6.27. The third kappa shape index (κ3) is 2.97. The van der Waals surface area contributed by atoms with Crippen LogP contribution in [-0.4, -0.2) is 30.5 Å². The van der Waals surface area contributed by atoms with Crippen LogP contribution < -0.4 is 4.72 Å². The number of aryl methyl sites for hydroxylation is 2. The summed E-state index contributed by atoms with van der Waals surface area (Å²) in [6.07, 6.45) is 0. The lowest BCUT2D eigenvalue weighted by Gasteiger charge is -2.08. The maximum Gasteiger partial charge on any atom is 0.244 e. The van der Waals surface area contributed by atoms with Crippen LogP contribution in [0.2, 0.25) is 0 Å². The first-order valence-electron chi connectivity index (χ1n) is 5.69. The number of carbonyl (C=O) groups is 1. The number of hydrogen-bond acceptors (Lipinski definition) is 4. The summed E-state index contributed by atoms with van der Waals surface area (Å²) in [5, 5.41) is 4.05. The van der Waals surface area contributed by atoms with Crippen LogP contribution in [0.4, 0.5) is 0 Å². The maximum atomic E-state index is 12.1. The molecule has 1 aromatic heterocycles. The molecule has 6 nitrogen and oxygen atoms in total. The van der Waals surface area contributed by atoms with Crippen molar-refractivity contribution in [2.24, 2.45) is 13.0 Å². The van der Waals surface area contributed by atoms with Crippen molar-refractivity contribution in [3.8, 4) is 0 Å². The average molecular weight is 273 g/mol. The molecule has 0 unspecified atom stereocenters. The highest BCUT2D eigenvalue weighted by Gasteiger charge is 2.24. The highest BCUT2D eigenvalue weighted by Crippen LogP contribution is 2.18. The van der Waals surface area contributed by atoms with Gasteiger partial charge in [-0.2, -0.15) is 5.10 Å². The summed E-state index contributed by atoms with van der Waals surface area (Å²) < 4.78 is 28.0. The third-order valence-corrected chi connectivity index (χ3v) is 4.44. The van der Waals surface area contributed by atoms with E-state index in [9.17, 15) is 13.2 Å². The van der Waals surface area contributed by atoms with E-state index >= 15 is 0 Å². The van der Waals surface area contributed by atoms with Gasteiger partial charge in [-0.25, -0.2) is 13.1 Å². The molecule has 0 amide bonds. The minimum atomic E-state index is -3.68. The Hall–Kier alpha value is -1.21. The Morgan fingerprint density at radius 1 is 1.39 bits per heavy atom. The summed E-state index contributed by atoms with van der Waals surface area (Å²) in [4.78, 5) is 11.6. The van der Waals surface area contributed by atoms with E-state index in [1.165, 1.54) is 4.68 Å². The Morgan fingerprint density at radius 3 is 2.33 bits per heavy atom. The molecule has 0 aromatic carbocycles. The van der Waals surface area contributed by atoms with Crippen molar-refractivity contribution in [1.82, 2.24) is 14.5 Å². The van der Waals surface area contributed by atoms with E-state index in [4.69, 9.17) is 0 Å². The lowest BCUT2D eigenvalue weighted by molar-refractivity contribution is -0.120. The van der Waals surface area contributed by atoms with Gasteiger partial charge in [-0.3, -0.25) is 9.48 Å². The summed E-state index contributed by atoms with van der Waals surface area (Å²) >= 11 is 0. The van der Waals surface area contributed by atoms with E-state index in [2.05, 4.69) is 9.82 Å². The number of rotatable bonds is 5. The molecule has 0 aliphatic carbocycles. The Morgan fingerprint density at radius 2 is 1.94 bits per heavy atom. The molecule has 0 radical (unpaired) electrons. The number of carbonyl (C=O) groups excluding carboxylic acids is 1. The van der Waals surface area contributed by atoms with E-state index in [0.717, 1.165) is 0 Å². The van der Waals surface area contributed by atoms with Gasteiger partial charge in [0.1, 0.15) is 10.7 Å². The van der Waals surface area contributed by atoms with Crippen molar-refractivity contribution < 1.29 is 13.2 Å². The largest absolute Gasteiger partial charge is 0.298 e. The fourth-order valence-electron chi connectivity index (χ4n) is 1.59. The predicted octanol–water partition coefficient (Wildman–Crippen LogP) is 0.540.